The second-order valence-corrected chi connectivity index (χ2v) is 7.12. The molecule has 1 aromatic heterocycles. The molecule has 26 heavy (non-hydrogen) atoms. The number of pyridine rings is 1. The maximum absolute atomic E-state index is 13.0. The van der Waals surface area contributed by atoms with Crippen LogP contribution in [0.4, 0.5) is 0 Å². The van der Waals surface area contributed by atoms with Crippen molar-refractivity contribution in [3.8, 4) is 11.3 Å². The second-order valence-electron chi connectivity index (χ2n) is 6.71. The fraction of sp³-hybridized carbons (Fsp3) is 0.316. The number of aromatic nitrogens is 1. The average molecular weight is 372 g/mol. The highest BCUT2D eigenvalue weighted by atomic mass is 35.5. The zero-order chi connectivity index (χ0) is 18.3. The number of rotatable bonds is 3. The molecule has 2 saturated heterocycles. The van der Waals surface area contributed by atoms with Crippen LogP contribution >= 0.6 is 11.6 Å². The van der Waals surface area contributed by atoms with E-state index in [0.717, 1.165) is 26.1 Å². The van der Waals surface area contributed by atoms with E-state index in [2.05, 4.69) is 10.3 Å². The zero-order valence-corrected chi connectivity index (χ0v) is 14.7. The molecule has 2 aliphatic rings. The SMILES string of the molecule is O=C(O)c1cnc(-c2cccc(C(=O)N3CCC4CNCC43)c2)c(Cl)c1. The Morgan fingerprint density at radius 3 is 2.85 bits per heavy atom. The van der Waals surface area contributed by atoms with E-state index in [1.807, 2.05) is 11.0 Å². The average Bonchev–Trinajstić information content (AvgIpc) is 3.24. The van der Waals surface area contributed by atoms with Gasteiger partial charge in [-0.05, 0) is 30.5 Å². The Bertz CT molecular complexity index is 886. The van der Waals surface area contributed by atoms with E-state index in [-0.39, 0.29) is 22.5 Å². The summed E-state index contributed by atoms with van der Waals surface area (Å²) < 4.78 is 0. The number of carboxylic acid groups (broad SMARTS) is 1. The number of benzene rings is 1. The highest BCUT2D eigenvalue weighted by molar-refractivity contribution is 6.33. The predicted molar refractivity (Wildman–Crippen MR) is 97.4 cm³/mol. The summed E-state index contributed by atoms with van der Waals surface area (Å²) in [7, 11) is 0. The number of hydrogen-bond donors (Lipinski definition) is 2. The molecule has 3 heterocycles. The summed E-state index contributed by atoms with van der Waals surface area (Å²) in [5.74, 6) is -0.522. The second kappa shape index (κ2) is 6.70. The summed E-state index contributed by atoms with van der Waals surface area (Å²) in [4.78, 5) is 30.1. The molecule has 0 bridgehead atoms. The topological polar surface area (TPSA) is 82.5 Å². The minimum atomic E-state index is -1.08. The molecule has 6 nitrogen and oxygen atoms in total. The largest absolute Gasteiger partial charge is 0.478 e. The van der Waals surface area contributed by atoms with Gasteiger partial charge in [-0.15, -0.1) is 0 Å². The van der Waals surface area contributed by atoms with Gasteiger partial charge in [0, 0.05) is 43.0 Å². The Balaban J connectivity index is 1.63. The van der Waals surface area contributed by atoms with E-state index in [0.29, 0.717) is 22.7 Å². The maximum Gasteiger partial charge on any atom is 0.337 e. The fourth-order valence-corrected chi connectivity index (χ4v) is 4.11. The summed E-state index contributed by atoms with van der Waals surface area (Å²) in [6.45, 7) is 2.61. The number of fused-ring (bicyclic) bond motifs is 1. The van der Waals surface area contributed by atoms with Gasteiger partial charge in [-0.2, -0.15) is 0 Å². The van der Waals surface area contributed by atoms with Gasteiger partial charge in [0.15, 0.2) is 0 Å². The van der Waals surface area contributed by atoms with Crippen LogP contribution in [-0.4, -0.2) is 52.5 Å². The standard InChI is InChI=1S/C19H18ClN3O3/c20-15-7-14(19(25)26)9-22-17(15)11-2-1-3-12(6-11)18(24)23-5-4-13-8-21-10-16(13)23/h1-3,6-7,9,13,16,21H,4-5,8,10H2,(H,25,26). The van der Waals surface area contributed by atoms with Crippen molar-refractivity contribution in [2.75, 3.05) is 19.6 Å². The number of amides is 1. The Morgan fingerprint density at radius 2 is 2.08 bits per heavy atom. The van der Waals surface area contributed by atoms with Crippen molar-refractivity contribution in [2.45, 2.75) is 12.5 Å². The van der Waals surface area contributed by atoms with Crippen LogP contribution in [0.25, 0.3) is 11.3 Å². The van der Waals surface area contributed by atoms with Gasteiger partial charge in [0.05, 0.1) is 16.3 Å². The first kappa shape index (κ1) is 17.0. The fourth-order valence-electron chi connectivity index (χ4n) is 3.83. The van der Waals surface area contributed by atoms with Gasteiger partial charge >= 0.3 is 5.97 Å². The molecule has 0 radical (unpaired) electrons. The molecule has 1 aromatic carbocycles. The number of likely N-dealkylation sites (tertiary alicyclic amines) is 1. The molecule has 2 fully saturated rings. The molecule has 134 valence electrons. The van der Waals surface area contributed by atoms with Crippen molar-refractivity contribution in [3.05, 3.63) is 52.7 Å². The van der Waals surface area contributed by atoms with Crippen molar-refractivity contribution in [2.24, 2.45) is 5.92 Å². The Hall–Kier alpha value is -2.44. The Kier molecular flexibility index (Phi) is 4.38. The lowest BCUT2D eigenvalue weighted by molar-refractivity contribution is 0.0694. The van der Waals surface area contributed by atoms with Crippen LogP contribution in [0.15, 0.2) is 36.5 Å². The normalized spacial score (nSPS) is 21.7. The first-order valence-corrected chi connectivity index (χ1v) is 8.93. The van der Waals surface area contributed by atoms with Gasteiger partial charge in [0.1, 0.15) is 0 Å². The molecule has 1 amide bonds. The maximum atomic E-state index is 13.0. The molecule has 2 atom stereocenters. The summed E-state index contributed by atoms with van der Waals surface area (Å²) in [6, 6.07) is 8.81. The summed E-state index contributed by atoms with van der Waals surface area (Å²) in [6.07, 6.45) is 2.31. The van der Waals surface area contributed by atoms with Gasteiger partial charge in [0.25, 0.3) is 5.91 Å². The quantitative estimate of drug-likeness (QED) is 0.866. The van der Waals surface area contributed by atoms with E-state index in [4.69, 9.17) is 16.7 Å². The van der Waals surface area contributed by atoms with Crippen LogP contribution < -0.4 is 5.32 Å². The van der Waals surface area contributed by atoms with Gasteiger partial charge in [-0.25, -0.2) is 4.79 Å². The van der Waals surface area contributed by atoms with Crippen molar-refractivity contribution in [1.82, 2.24) is 15.2 Å². The molecule has 2 aliphatic heterocycles. The molecule has 2 N–H and O–H groups in total. The molecule has 0 saturated carbocycles. The van der Waals surface area contributed by atoms with Crippen molar-refractivity contribution in [1.29, 1.82) is 0 Å². The molecular weight excluding hydrogens is 354 g/mol. The smallest absolute Gasteiger partial charge is 0.337 e. The van der Waals surface area contributed by atoms with E-state index < -0.39 is 5.97 Å². The summed E-state index contributed by atoms with van der Waals surface area (Å²) >= 11 is 6.21. The van der Waals surface area contributed by atoms with Crippen LogP contribution in [0.3, 0.4) is 0 Å². The lowest BCUT2D eigenvalue weighted by atomic mass is 10.0. The molecule has 2 unspecified atom stereocenters. The third-order valence-electron chi connectivity index (χ3n) is 5.18. The number of carbonyl (C=O) groups excluding carboxylic acids is 1. The number of carboxylic acids is 1. The number of halogens is 1. The number of carbonyl (C=O) groups is 2. The molecule has 0 spiro atoms. The zero-order valence-electron chi connectivity index (χ0n) is 14.0. The van der Waals surface area contributed by atoms with Gasteiger partial charge in [-0.3, -0.25) is 9.78 Å². The van der Waals surface area contributed by atoms with Crippen molar-refractivity contribution in [3.63, 3.8) is 0 Å². The highest BCUT2D eigenvalue weighted by Gasteiger charge is 2.40. The van der Waals surface area contributed by atoms with E-state index in [1.165, 1.54) is 12.3 Å². The predicted octanol–water partition coefficient (Wildman–Crippen LogP) is 2.53. The lowest BCUT2D eigenvalue weighted by Gasteiger charge is -2.23. The first-order chi connectivity index (χ1) is 12.5. The minimum absolute atomic E-state index is 0.0151. The van der Waals surface area contributed by atoms with Crippen molar-refractivity contribution < 1.29 is 14.7 Å². The monoisotopic (exact) mass is 371 g/mol. The van der Waals surface area contributed by atoms with Crippen molar-refractivity contribution >= 4 is 23.5 Å². The van der Waals surface area contributed by atoms with E-state index in [1.54, 1.807) is 18.2 Å². The van der Waals surface area contributed by atoms with Gasteiger partial charge < -0.3 is 15.3 Å². The van der Waals surface area contributed by atoms with Crippen LogP contribution in [0.2, 0.25) is 5.02 Å². The number of nitrogens with one attached hydrogen (secondary N) is 1. The highest BCUT2D eigenvalue weighted by Crippen LogP contribution is 2.30. The van der Waals surface area contributed by atoms with Gasteiger partial charge in [-0.1, -0.05) is 23.7 Å². The minimum Gasteiger partial charge on any atom is -0.478 e. The number of hydrogen-bond acceptors (Lipinski definition) is 4. The third-order valence-corrected chi connectivity index (χ3v) is 5.47. The summed E-state index contributed by atoms with van der Waals surface area (Å²) in [5, 5.41) is 12.6. The lowest BCUT2D eigenvalue weighted by Crippen LogP contribution is -2.39. The van der Waals surface area contributed by atoms with E-state index >= 15 is 0 Å². The van der Waals surface area contributed by atoms with Crippen LogP contribution in [0.1, 0.15) is 27.1 Å². The van der Waals surface area contributed by atoms with Crippen LogP contribution in [0.5, 0.6) is 0 Å². The number of nitrogens with zero attached hydrogens (tertiary/aromatic N) is 2. The Morgan fingerprint density at radius 1 is 1.23 bits per heavy atom. The van der Waals surface area contributed by atoms with Crippen LogP contribution in [0, 0.1) is 5.92 Å². The third kappa shape index (κ3) is 2.95. The number of aromatic carboxylic acids is 1. The molecular formula is C19H18ClN3O3. The molecule has 2 aromatic rings. The summed E-state index contributed by atoms with van der Waals surface area (Å²) in [5.41, 5.74) is 1.78. The van der Waals surface area contributed by atoms with E-state index in [9.17, 15) is 9.59 Å². The Labute approximate surface area is 155 Å². The molecule has 7 heteroatoms. The molecule has 0 aliphatic carbocycles. The molecule has 4 rings (SSSR count). The van der Waals surface area contributed by atoms with Crippen LogP contribution in [-0.2, 0) is 0 Å². The van der Waals surface area contributed by atoms with Gasteiger partial charge in [0.2, 0.25) is 0 Å². The first-order valence-electron chi connectivity index (χ1n) is 8.55.